The minimum absolute atomic E-state index is 0.0637. The third kappa shape index (κ3) is 6.10. The fourth-order valence-electron chi connectivity index (χ4n) is 0.812. The molecule has 0 aromatic rings. The van der Waals surface area contributed by atoms with Gasteiger partial charge < -0.3 is 11.1 Å². The maximum absolute atomic E-state index is 11.3. The molecule has 0 saturated carbocycles. The van der Waals surface area contributed by atoms with E-state index >= 15 is 0 Å². The molecule has 0 aliphatic heterocycles. The number of amides is 1. The average Bonchev–Trinajstić information content (AvgIpc) is 2.03. The molecule has 5 heteroatoms. The molecule has 0 radical (unpaired) electrons. The van der Waals surface area contributed by atoms with Gasteiger partial charge in [0.25, 0.3) is 0 Å². The monoisotopic (exact) mass is 220 g/mol. The Morgan fingerprint density at radius 1 is 1.43 bits per heavy atom. The molecular formula is C9H20N2O2S. The summed E-state index contributed by atoms with van der Waals surface area (Å²) in [6.07, 6.45) is 0. The molecule has 3 N–H and O–H groups in total. The zero-order valence-corrected chi connectivity index (χ0v) is 9.89. The highest BCUT2D eigenvalue weighted by molar-refractivity contribution is 7.85. The Kier molecular flexibility index (Phi) is 6.74. The predicted octanol–water partition coefficient (Wildman–Crippen LogP) is -0.145. The SMILES string of the molecule is CC(C)C(C)NC(=O)CS(=O)CCN. The normalized spacial score (nSPS) is 15.2. The van der Waals surface area contributed by atoms with E-state index in [9.17, 15) is 9.00 Å². The molecule has 4 nitrogen and oxygen atoms in total. The first-order valence-corrected chi connectivity index (χ1v) is 6.30. The highest BCUT2D eigenvalue weighted by Crippen LogP contribution is 1.99. The van der Waals surface area contributed by atoms with Gasteiger partial charge in [0, 0.05) is 29.1 Å². The number of nitrogens with one attached hydrogen (secondary N) is 1. The number of hydrogen-bond donors (Lipinski definition) is 2. The number of carbonyl (C=O) groups excluding carboxylic acids is 1. The van der Waals surface area contributed by atoms with Crippen LogP contribution in [0.4, 0.5) is 0 Å². The van der Waals surface area contributed by atoms with Gasteiger partial charge in [-0.3, -0.25) is 9.00 Å². The molecule has 0 fully saturated rings. The van der Waals surface area contributed by atoms with Crippen molar-refractivity contribution < 1.29 is 9.00 Å². The first-order valence-electron chi connectivity index (χ1n) is 4.81. The Morgan fingerprint density at radius 3 is 2.43 bits per heavy atom. The summed E-state index contributed by atoms with van der Waals surface area (Å²) in [7, 11) is -1.12. The van der Waals surface area contributed by atoms with Crippen LogP contribution in [0.3, 0.4) is 0 Å². The predicted molar refractivity (Wildman–Crippen MR) is 59.4 cm³/mol. The molecule has 0 bridgehead atoms. The zero-order chi connectivity index (χ0) is 11.1. The van der Waals surface area contributed by atoms with Gasteiger partial charge in [-0.1, -0.05) is 13.8 Å². The third-order valence-corrected chi connectivity index (χ3v) is 3.30. The van der Waals surface area contributed by atoms with Crippen molar-refractivity contribution >= 4 is 16.7 Å². The fourth-order valence-corrected chi connectivity index (χ4v) is 1.60. The van der Waals surface area contributed by atoms with Gasteiger partial charge in [-0.2, -0.15) is 0 Å². The van der Waals surface area contributed by atoms with E-state index in [1.165, 1.54) is 0 Å². The first kappa shape index (κ1) is 13.6. The highest BCUT2D eigenvalue weighted by Gasteiger charge is 2.12. The van der Waals surface area contributed by atoms with Crippen LogP contribution in [0, 0.1) is 5.92 Å². The van der Waals surface area contributed by atoms with Gasteiger partial charge in [0.15, 0.2) is 0 Å². The summed E-state index contributed by atoms with van der Waals surface area (Å²) in [5, 5.41) is 2.80. The van der Waals surface area contributed by atoms with Gasteiger partial charge in [-0.25, -0.2) is 0 Å². The van der Waals surface area contributed by atoms with Crippen LogP contribution in [0.5, 0.6) is 0 Å². The van der Waals surface area contributed by atoms with Crippen LogP contribution >= 0.6 is 0 Å². The lowest BCUT2D eigenvalue weighted by molar-refractivity contribution is -0.119. The van der Waals surface area contributed by atoms with Crippen LogP contribution in [0.1, 0.15) is 20.8 Å². The number of carbonyl (C=O) groups is 1. The Morgan fingerprint density at radius 2 is 2.00 bits per heavy atom. The summed E-state index contributed by atoms with van der Waals surface area (Å²) in [6.45, 7) is 6.36. The zero-order valence-electron chi connectivity index (χ0n) is 9.08. The van der Waals surface area contributed by atoms with E-state index in [0.717, 1.165) is 0 Å². The Labute approximate surface area is 88.1 Å². The molecule has 0 aromatic heterocycles. The van der Waals surface area contributed by atoms with Crippen molar-refractivity contribution in [3.63, 3.8) is 0 Å². The van der Waals surface area contributed by atoms with Crippen molar-refractivity contribution in [1.82, 2.24) is 5.32 Å². The van der Waals surface area contributed by atoms with E-state index in [0.29, 0.717) is 18.2 Å². The molecule has 0 saturated heterocycles. The van der Waals surface area contributed by atoms with E-state index in [1.807, 2.05) is 20.8 Å². The molecule has 2 atom stereocenters. The second kappa shape index (κ2) is 6.95. The topological polar surface area (TPSA) is 72.2 Å². The lowest BCUT2D eigenvalue weighted by Crippen LogP contribution is -2.39. The fraction of sp³-hybridized carbons (Fsp3) is 0.889. The summed E-state index contributed by atoms with van der Waals surface area (Å²) >= 11 is 0. The minimum atomic E-state index is -1.12. The molecule has 0 spiro atoms. The van der Waals surface area contributed by atoms with Crippen molar-refractivity contribution in [3.05, 3.63) is 0 Å². The quantitative estimate of drug-likeness (QED) is 0.654. The van der Waals surface area contributed by atoms with Gasteiger partial charge in [0.05, 0.1) is 0 Å². The smallest absolute Gasteiger partial charge is 0.232 e. The van der Waals surface area contributed by atoms with Crippen molar-refractivity contribution in [2.75, 3.05) is 18.1 Å². The van der Waals surface area contributed by atoms with Crippen LogP contribution in [0.15, 0.2) is 0 Å². The van der Waals surface area contributed by atoms with E-state index in [-0.39, 0.29) is 17.7 Å². The molecule has 2 unspecified atom stereocenters. The van der Waals surface area contributed by atoms with Gasteiger partial charge in [-0.15, -0.1) is 0 Å². The van der Waals surface area contributed by atoms with Crippen LogP contribution in [-0.2, 0) is 15.6 Å². The standard InChI is InChI=1S/C9H20N2O2S/c1-7(2)8(3)11-9(12)6-14(13)5-4-10/h7-8H,4-6,10H2,1-3H3,(H,11,12). The largest absolute Gasteiger partial charge is 0.353 e. The average molecular weight is 220 g/mol. The highest BCUT2D eigenvalue weighted by atomic mass is 32.2. The third-order valence-electron chi connectivity index (χ3n) is 2.03. The number of hydrogen-bond acceptors (Lipinski definition) is 3. The van der Waals surface area contributed by atoms with E-state index in [4.69, 9.17) is 5.73 Å². The second-order valence-electron chi connectivity index (χ2n) is 3.68. The van der Waals surface area contributed by atoms with Crippen molar-refractivity contribution in [2.45, 2.75) is 26.8 Å². The Hall–Kier alpha value is -0.420. The van der Waals surface area contributed by atoms with E-state index in [2.05, 4.69) is 5.32 Å². The summed E-state index contributed by atoms with van der Waals surface area (Å²) < 4.78 is 11.2. The van der Waals surface area contributed by atoms with E-state index in [1.54, 1.807) is 0 Å². The van der Waals surface area contributed by atoms with Gasteiger partial charge in [0.2, 0.25) is 5.91 Å². The molecule has 0 aromatic carbocycles. The molecule has 1 amide bonds. The molecule has 14 heavy (non-hydrogen) atoms. The van der Waals surface area contributed by atoms with E-state index < -0.39 is 10.8 Å². The lowest BCUT2D eigenvalue weighted by atomic mass is 10.1. The molecule has 0 rings (SSSR count). The van der Waals surface area contributed by atoms with Crippen LogP contribution in [0.25, 0.3) is 0 Å². The Balaban J connectivity index is 3.81. The summed E-state index contributed by atoms with van der Waals surface area (Å²) in [5.74, 6) is 0.692. The van der Waals surface area contributed by atoms with Gasteiger partial charge in [-0.05, 0) is 12.8 Å². The molecule has 0 aliphatic rings. The number of rotatable bonds is 6. The molecule has 84 valence electrons. The summed E-state index contributed by atoms with van der Waals surface area (Å²) in [6, 6.07) is 0.123. The lowest BCUT2D eigenvalue weighted by Gasteiger charge is -2.17. The second-order valence-corrected chi connectivity index (χ2v) is 5.25. The molecule has 0 heterocycles. The summed E-state index contributed by atoms with van der Waals surface area (Å²) in [4.78, 5) is 11.3. The Bertz CT molecular complexity index is 207. The minimum Gasteiger partial charge on any atom is -0.353 e. The van der Waals surface area contributed by atoms with Crippen LogP contribution in [0.2, 0.25) is 0 Å². The molecular weight excluding hydrogens is 200 g/mol. The summed E-state index contributed by atoms with van der Waals surface area (Å²) in [5.41, 5.74) is 5.23. The van der Waals surface area contributed by atoms with Crippen molar-refractivity contribution in [3.8, 4) is 0 Å². The van der Waals surface area contributed by atoms with Crippen molar-refractivity contribution in [1.29, 1.82) is 0 Å². The van der Waals surface area contributed by atoms with Gasteiger partial charge >= 0.3 is 0 Å². The van der Waals surface area contributed by atoms with Crippen LogP contribution in [-0.4, -0.2) is 34.2 Å². The maximum atomic E-state index is 11.3. The first-order chi connectivity index (χ1) is 6.47. The number of nitrogens with two attached hydrogens (primary N) is 1. The van der Waals surface area contributed by atoms with Crippen molar-refractivity contribution in [2.24, 2.45) is 11.7 Å². The maximum Gasteiger partial charge on any atom is 0.232 e. The molecule has 0 aliphatic carbocycles. The van der Waals surface area contributed by atoms with Crippen LogP contribution < -0.4 is 11.1 Å². The van der Waals surface area contributed by atoms with Gasteiger partial charge in [0.1, 0.15) is 5.75 Å².